The van der Waals surface area contributed by atoms with E-state index in [4.69, 9.17) is 0 Å². The molecule has 4 aromatic rings. The predicted molar refractivity (Wildman–Crippen MR) is 175 cm³/mol. The van der Waals surface area contributed by atoms with Crippen molar-refractivity contribution in [3.63, 3.8) is 0 Å². The van der Waals surface area contributed by atoms with E-state index in [0.717, 1.165) is 4.88 Å². The summed E-state index contributed by atoms with van der Waals surface area (Å²) in [5, 5.41) is 23.9. The van der Waals surface area contributed by atoms with Gasteiger partial charge in [-0.15, -0.1) is 11.3 Å². The maximum Gasteiger partial charge on any atom is 0.325 e. The van der Waals surface area contributed by atoms with Crippen molar-refractivity contribution in [2.75, 3.05) is 0 Å². The van der Waals surface area contributed by atoms with E-state index in [2.05, 4.69) is 26.7 Å². The number of aromatic nitrogens is 2. The first-order valence-electron chi connectivity index (χ1n) is 14.7. The number of aliphatic carboxylic acids is 1. The van der Waals surface area contributed by atoms with Crippen molar-refractivity contribution < 1.29 is 23.9 Å². The van der Waals surface area contributed by atoms with Crippen LogP contribution in [0.5, 0.6) is 0 Å². The summed E-state index contributed by atoms with van der Waals surface area (Å²) >= 11 is 1.34. The summed E-state index contributed by atoms with van der Waals surface area (Å²) in [6.07, 6.45) is 3.16. The number of amides is 2. The second-order valence-corrected chi connectivity index (χ2v) is 13.7. The number of benzene rings is 2. The summed E-state index contributed by atoms with van der Waals surface area (Å²) in [5.41, 5.74) is 1.82. The Balaban J connectivity index is 1.51. The SMILES string of the molecule is C[C@@H](NC(=O)[C@H](Cc1ccc(-c2ncc(-c3ccc(C(C)(C)C#N)cc3F)cn2)cc1)NC(=O)c1ccc(C(C)(C)C)s1)C(=O)O. The summed E-state index contributed by atoms with van der Waals surface area (Å²) in [6, 6.07) is 15.4. The highest BCUT2D eigenvalue weighted by Crippen LogP contribution is 2.30. The molecule has 2 aromatic carbocycles. The maximum atomic E-state index is 14.9. The first-order valence-corrected chi connectivity index (χ1v) is 15.5. The summed E-state index contributed by atoms with van der Waals surface area (Å²) in [6.45, 7) is 10.9. The lowest BCUT2D eigenvalue weighted by molar-refractivity contribution is -0.141. The Morgan fingerprint density at radius 3 is 2.15 bits per heavy atom. The van der Waals surface area contributed by atoms with E-state index in [1.807, 2.05) is 26.8 Å². The molecule has 0 spiro atoms. The minimum absolute atomic E-state index is 0.110. The third-order valence-corrected chi connectivity index (χ3v) is 9.01. The van der Waals surface area contributed by atoms with Crippen LogP contribution >= 0.6 is 11.3 Å². The molecule has 0 unspecified atom stereocenters. The molecule has 3 N–H and O–H groups in total. The van der Waals surface area contributed by atoms with E-state index < -0.39 is 41.1 Å². The highest BCUT2D eigenvalue weighted by atomic mass is 32.1. The highest BCUT2D eigenvalue weighted by molar-refractivity contribution is 7.14. The number of carbonyl (C=O) groups is 3. The molecular formula is C35H36FN5O4S. The normalized spacial score (nSPS) is 12.9. The van der Waals surface area contributed by atoms with E-state index in [-0.39, 0.29) is 11.8 Å². The smallest absolute Gasteiger partial charge is 0.325 e. The van der Waals surface area contributed by atoms with Crippen molar-refractivity contribution >= 4 is 29.1 Å². The number of thiophene rings is 1. The van der Waals surface area contributed by atoms with Gasteiger partial charge in [0.2, 0.25) is 5.91 Å². The van der Waals surface area contributed by atoms with Crippen molar-refractivity contribution in [1.29, 1.82) is 5.26 Å². The van der Waals surface area contributed by atoms with Crippen molar-refractivity contribution in [2.24, 2.45) is 0 Å². The minimum atomic E-state index is -1.19. The Morgan fingerprint density at radius 2 is 1.61 bits per heavy atom. The number of nitrogens with zero attached hydrogens (tertiary/aromatic N) is 3. The number of hydrogen-bond acceptors (Lipinski definition) is 7. The van der Waals surface area contributed by atoms with Gasteiger partial charge in [-0.05, 0) is 55.5 Å². The average Bonchev–Trinajstić information content (AvgIpc) is 3.53. The molecule has 0 aliphatic carbocycles. The van der Waals surface area contributed by atoms with Gasteiger partial charge in [0.1, 0.15) is 17.9 Å². The lowest BCUT2D eigenvalue weighted by Crippen LogP contribution is -2.51. The summed E-state index contributed by atoms with van der Waals surface area (Å²) < 4.78 is 14.9. The molecule has 0 radical (unpaired) electrons. The molecule has 11 heteroatoms. The predicted octanol–water partition coefficient (Wildman–Crippen LogP) is 6.04. The largest absolute Gasteiger partial charge is 0.480 e. The second kappa shape index (κ2) is 13.6. The van der Waals surface area contributed by atoms with Crippen molar-refractivity contribution in [2.45, 2.75) is 70.9 Å². The molecule has 0 saturated carbocycles. The van der Waals surface area contributed by atoms with Gasteiger partial charge in [0, 0.05) is 40.4 Å². The minimum Gasteiger partial charge on any atom is -0.480 e. The number of nitrogens with one attached hydrogen (secondary N) is 2. The van der Waals surface area contributed by atoms with Crippen LogP contribution in [0.4, 0.5) is 4.39 Å². The van der Waals surface area contributed by atoms with Crippen LogP contribution in [0.1, 0.15) is 67.2 Å². The van der Waals surface area contributed by atoms with E-state index in [9.17, 15) is 29.1 Å². The lowest BCUT2D eigenvalue weighted by atomic mass is 9.85. The molecule has 238 valence electrons. The number of nitriles is 1. The van der Waals surface area contributed by atoms with Crippen LogP contribution in [0.3, 0.4) is 0 Å². The van der Waals surface area contributed by atoms with Gasteiger partial charge >= 0.3 is 5.97 Å². The van der Waals surface area contributed by atoms with Crippen LogP contribution in [-0.2, 0) is 26.8 Å². The molecule has 0 saturated heterocycles. The Labute approximate surface area is 271 Å². The van der Waals surface area contributed by atoms with Crippen molar-refractivity contribution in [3.8, 4) is 28.6 Å². The molecule has 0 aliphatic rings. The van der Waals surface area contributed by atoms with E-state index in [0.29, 0.717) is 38.5 Å². The van der Waals surface area contributed by atoms with Gasteiger partial charge in [-0.25, -0.2) is 14.4 Å². The average molecular weight is 642 g/mol. The molecule has 9 nitrogen and oxygen atoms in total. The topological polar surface area (TPSA) is 145 Å². The number of halogens is 1. The Hall–Kier alpha value is -4.95. The number of carboxylic acid groups (broad SMARTS) is 1. The maximum absolute atomic E-state index is 14.9. The molecule has 0 aliphatic heterocycles. The monoisotopic (exact) mass is 641 g/mol. The first-order chi connectivity index (χ1) is 21.6. The molecule has 2 heterocycles. The summed E-state index contributed by atoms with van der Waals surface area (Å²) in [7, 11) is 0. The molecule has 2 atom stereocenters. The van der Waals surface area contributed by atoms with Crippen LogP contribution in [0.2, 0.25) is 0 Å². The molecule has 0 fully saturated rings. The summed E-state index contributed by atoms with van der Waals surface area (Å²) in [4.78, 5) is 47.9. The third-order valence-electron chi connectivity index (χ3n) is 7.51. The van der Waals surface area contributed by atoms with Gasteiger partial charge in [0.05, 0.1) is 16.4 Å². The van der Waals surface area contributed by atoms with Crippen molar-refractivity contribution in [1.82, 2.24) is 20.6 Å². The van der Waals surface area contributed by atoms with Gasteiger partial charge in [-0.3, -0.25) is 14.4 Å². The van der Waals surface area contributed by atoms with Crippen LogP contribution in [0.15, 0.2) is 67.0 Å². The standard InChI is InChI=1S/C35H36FN5O4S/c1-20(33(44)45)40-31(42)27(41-32(43)28-13-14-29(46-28)34(2,3)4)15-21-7-9-22(10-8-21)30-38-17-23(18-39-30)25-12-11-24(16-26(25)36)35(5,6)19-37/h7-14,16-18,20,27H,15H2,1-6H3,(H,40,42)(H,41,43)(H,44,45)/t20-,27+/m1/s1. The number of rotatable bonds is 10. The quantitative estimate of drug-likeness (QED) is 0.191. The van der Waals surface area contributed by atoms with Gasteiger partial charge in [-0.2, -0.15) is 5.26 Å². The van der Waals surface area contributed by atoms with Gasteiger partial charge in [0.25, 0.3) is 5.91 Å². The van der Waals surface area contributed by atoms with Gasteiger partial charge in [0.15, 0.2) is 5.82 Å². The Morgan fingerprint density at radius 1 is 0.957 bits per heavy atom. The van der Waals surface area contributed by atoms with E-state index >= 15 is 0 Å². The highest BCUT2D eigenvalue weighted by Gasteiger charge is 2.27. The lowest BCUT2D eigenvalue weighted by Gasteiger charge is -2.20. The van der Waals surface area contributed by atoms with Gasteiger partial charge < -0.3 is 15.7 Å². The van der Waals surface area contributed by atoms with Crippen LogP contribution in [0, 0.1) is 17.1 Å². The molecule has 2 amide bonds. The number of hydrogen-bond donors (Lipinski definition) is 3. The third kappa shape index (κ3) is 8.00. The molecule has 46 heavy (non-hydrogen) atoms. The Bertz CT molecular complexity index is 1790. The Kier molecular flexibility index (Phi) is 10.0. The van der Waals surface area contributed by atoms with Crippen molar-refractivity contribution in [3.05, 3.63) is 93.7 Å². The fourth-order valence-electron chi connectivity index (χ4n) is 4.52. The zero-order valence-electron chi connectivity index (χ0n) is 26.5. The van der Waals surface area contributed by atoms with Crippen LogP contribution < -0.4 is 10.6 Å². The van der Waals surface area contributed by atoms with Crippen LogP contribution in [-0.4, -0.2) is 44.9 Å². The molecule has 0 bridgehead atoms. The van der Waals surface area contributed by atoms with Crippen LogP contribution in [0.25, 0.3) is 22.5 Å². The molecular weight excluding hydrogens is 605 g/mol. The fraction of sp³-hybridized carbons (Fsp3) is 0.314. The van der Waals surface area contributed by atoms with E-state index in [1.165, 1.54) is 36.7 Å². The van der Waals surface area contributed by atoms with E-state index in [1.54, 1.807) is 56.3 Å². The zero-order valence-corrected chi connectivity index (χ0v) is 27.3. The second-order valence-electron chi connectivity index (χ2n) is 12.6. The summed E-state index contributed by atoms with van der Waals surface area (Å²) in [5.74, 6) is -2.30. The van der Waals surface area contributed by atoms with Gasteiger partial charge in [-0.1, -0.05) is 57.2 Å². The fourth-order valence-corrected chi connectivity index (χ4v) is 5.49. The zero-order chi connectivity index (χ0) is 33.8. The number of carboxylic acids is 1. The molecule has 4 rings (SSSR count). The molecule has 2 aromatic heterocycles. The number of carbonyl (C=O) groups excluding carboxylic acids is 2. The first kappa shape index (κ1) is 33.9.